The topological polar surface area (TPSA) is 108 Å². The van der Waals surface area contributed by atoms with Crippen LogP contribution in [0.15, 0.2) is 46.1 Å². The van der Waals surface area contributed by atoms with E-state index >= 15 is 0 Å². The summed E-state index contributed by atoms with van der Waals surface area (Å²) in [7, 11) is 0. The Kier molecular flexibility index (Phi) is 2.87. The first-order valence-electron chi connectivity index (χ1n) is 4.81. The fourth-order valence-electron chi connectivity index (χ4n) is 1.29. The molecule has 6 nitrogen and oxygen atoms in total. The molecule has 86 valence electrons. The monoisotopic (exact) mass is 230 g/mol. The Morgan fingerprint density at radius 3 is 2.76 bits per heavy atom. The Hall–Kier alpha value is -2.63. The van der Waals surface area contributed by atoms with Crippen molar-refractivity contribution in [1.82, 2.24) is 4.98 Å². The van der Waals surface area contributed by atoms with Crippen LogP contribution in [-0.4, -0.2) is 16.9 Å². The number of guanidine groups is 1. The minimum Gasteiger partial charge on any atom is -0.451 e. The molecule has 17 heavy (non-hydrogen) atoms. The van der Waals surface area contributed by atoms with Gasteiger partial charge in [0.05, 0.1) is 0 Å². The van der Waals surface area contributed by atoms with Crippen LogP contribution >= 0.6 is 0 Å². The zero-order valence-electron chi connectivity index (χ0n) is 8.83. The SMILES string of the molecule is NC(N)=NC(=O)c1ccc(-c2cccnc2)o1. The van der Waals surface area contributed by atoms with Gasteiger partial charge in [0.2, 0.25) is 0 Å². The Labute approximate surface area is 97.0 Å². The number of hydrogen-bond donors (Lipinski definition) is 2. The highest BCUT2D eigenvalue weighted by atomic mass is 16.3. The number of furan rings is 1. The molecule has 6 heteroatoms. The van der Waals surface area contributed by atoms with Crippen LogP contribution in [0, 0.1) is 0 Å². The van der Waals surface area contributed by atoms with Crippen molar-refractivity contribution in [2.24, 2.45) is 16.5 Å². The molecule has 0 bridgehead atoms. The summed E-state index contributed by atoms with van der Waals surface area (Å²) in [4.78, 5) is 18.8. The summed E-state index contributed by atoms with van der Waals surface area (Å²) in [6.45, 7) is 0. The van der Waals surface area contributed by atoms with Crippen molar-refractivity contribution in [3.63, 3.8) is 0 Å². The van der Waals surface area contributed by atoms with E-state index in [-0.39, 0.29) is 11.7 Å². The zero-order valence-corrected chi connectivity index (χ0v) is 8.83. The van der Waals surface area contributed by atoms with Gasteiger partial charge in [0.25, 0.3) is 0 Å². The van der Waals surface area contributed by atoms with Crippen LogP contribution in [0.4, 0.5) is 0 Å². The minimum atomic E-state index is -0.611. The average Bonchev–Trinajstić information content (AvgIpc) is 2.78. The normalized spacial score (nSPS) is 9.88. The van der Waals surface area contributed by atoms with Crippen molar-refractivity contribution in [1.29, 1.82) is 0 Å². The molecule has 0 radical (unpaired) electrons. The van der Waals surface area contributed by atoms with E-state index in [9.17, 15) is 4.79 Å². The third-order valence-electron chi connectivity index (χ3n) is 1.99. The van der Waals surface area contributed by atoms with Crippen molar-refractivity contribution in [2.45, 2.75) is 0 Å². The van der Waals surface area contributed by atoms with E-state index in [1.807, 2.05) is 6.07 Å². The summed E-state index contributed by atoms with van der Waals surface area (Å²) >= 11 is 0. The summed E-state index contributed by atoms with van der Waals surface area (Å²) in [5, 5.41) is 0. The number of rotatable bonds is 2. The van der Waals surface area contributed by atoms with Crippen molar-refractivity contribution >= 4 is 11.9 Å². The van der Waals surface area contributed by atoms with Crippen LogP contribution in [0.2, 0.25) is 0 Å². The van der Waals surface area contributed by atoms with Crippen molar-refractivity contribution in [3.8, 4) is 11.3 Å². The van der Waals surface area contributed by atoms with E-state index in [0.29, 0.717) is 5.76 Å². The molecule has 2 aromatic rings. The fraction of sp³-hybridized carbons (Fsp3) is 0. The maximum Gasteiger partial charge on any atom is 0.315 e. The average molecular weight is 230 g/mol. The van der Waals surface area contributed by atoms with Gasteiger partial charge in [-0.1, -0.05) is 0 Å². The van der Waals surface area contributed by atoms with E-state index in [1.165, 1.54) is 6.07 Å². The largest absolute Gasteiger partial charge is 0.451 e. The number of nitrogens with two attached hydrogens (primary N) is 2. The molecule has 1 amide bonds. The third-order valence-corrected chi connectivity index (χ3v) is 1.99. The van der Waals surface area contributed by atoms with E-state index in [0.717, 1.165) is 5.56 Å². The molecule has 0 aromatic carbocycles. The van der Waals surface area contributed by atoms with Crippen LogP contribution in [-0.2, 0) is 0 Å². The number of nitrogens with zero attached hydrogens (tertiary/aromatic N) is 2. The lowest BCUT2D eigenvalue weighted by atomic mass is 10.2. The van der Waals surface area contributed by atoms with Crippen molar-refractivity contribution in [2.75, 3.05) is 0 Å². The molecule has 0 aliphatic heterocycles. The molecule has 0 fully saturated rings. The number of amides is 1. The summed E-state index contributed by atoms with van der Waals surface area (Å²) in [6.07, 6.45) is 3.28. The summed E-state index contributed by atoms with van der Waals surface area (Å²) in [5.41, 5.74) is 11.0. The number of pyridine rings is 1. The summed E-state index contributed by atoms with van der Waals surface area (Å²) < 4.78 is 5.32. The Bertz CT molecular complexity index is 556. The Morgan fingerprint density at radius 1 is 1.29 bits per heavy atom. The van der Waals surface area contributed by atoms with Crippen LogP contribution in [0.3, 0.4) is 0 Å². The number of aromatic nitrogens is 1. The molecule has 0 saturated carbocycles. The number of carbonyl (C=O) groups is 1. The van der Waals surface area contributed by atoms with Gasteiger partial charge in [-0.15, -0.1) is 0 Å². The van der Waals surface area contributed by atoms with Gasteiger partial charge >= 0.3 is 5.91 Å². The lowest BCUT2D eigenvalue weighted by Crippen LogP contribution is -2.24. The van der Waals surface area contributed by atoms with Crippen LogP contribution in [0.5, 0.6) is 0 Å². The maximum absolute atomic E-state index is 11.4. The first-order chi connectivity index (χ1) is 8.16. The quantitative estimate of drug-likeness (QED) is 0.584. The second-order valence-electron chi connectivity index (χ2n) is 3.25. The molecule has 0 saturated heterocycles. The van der Waals surface area contributed by atoms with Crippen LogP contribution < -0.4 is 11.5 Å². The lowest BCUT2D eigenvalue weighted by molar-refractivity contribution is 0.0977. The molecule has 0 unspecified atom stereocenters. The molecule has 0 spiro atoms. The third kappa shape index (κ3) is 2.49. The maximum atomic E-state index is 11.4. The molecular weight excluding hydrogens is 220 g/mol. The molecule has 4 N–H and O–H groups in total. The molecule has 2 aromatic heterocycles. The molecule has 0 atom stereocenters. The Morgan fingerprint density at radius 2 is 2.12 bits per heavy atom. The molecule has 2 heterocycles. The number of carbonyl (C=O) groups excluding carboxylic acids is 1. The molecular formula is C11H10N4O2. The van der Waals surface area contributed by atoms with E-state index in [4.69, 9.17) is 15.9 Å². The van der Waals surface area contributed by atoms with Gasteiger partial charge in [-0.05, 0) is 24.3 Å². The highest BCUT2D eigenvalue weighted by molar-refractivity contribution is 6.00. The van der Waals surface area contributed by atoms with Crippen molar-refractivity contribution < 1.29 is 9.21 Å². The van der Waals surface area contributed by atoms with Gasteiger partial charge in [-0.2, -0.15) is 4.99 Å². The molecule has 0 aliphatic rings. The summed E-state index contributed by atoms with van der Waals surface area (Å²) in [5.74, 6) is -0.293. The van der Waals surface area contributed by atoms with E-state index in [1.54, 1.807) is 24.5 Å². The summed E-state index contributed by atoms with van der Waals surface area (Å²) in [6, 6.07) is 6.76. The predicted octanol–water partition coefficient (Wildman–Crippen LogP) is 0.755. The smallest absolute Gasteiger partial charge is 0.315 e. The number of hydrogen-bond acceptors (Lipinski definition) is 3. The Balaban J connectivity index is 2.28. The van der Waals surface area contributed by atoms with Gasteiger partial charge < -0.3 is 15.9 Å². The van der Waals surface area contributed by atoms with Gasteiger partial charge in [0.15, 0.2) is 11.7 Å². The number of aliphatic imine (C=N–C) groups is 1. The van der Waals surface area contributed by atoms with E-state index in [2.05, 4.69) is 9.98 Å². The van der Waals surface area contributed by atoms with Gasteiger partial charge in [-0.3, -0.25) is 9.78 Å². The first-order valence-corrected chi connectivity index (χ1v) is 4.81. The second-order valence-corrected chi connectivity index (χ2v) is 3.25. The van der Waals surface area contributed by atoms with Gasteiger partial charge in [0.1, 0.15) is 5.76 Å². The van der Waals surface area contributed by atoms with Crippen LogP contribution in [0.1, 0.15) is 10.6 Å². The molecule has 2 rings (SSSR count). The van der Waals surface area contributed by atoms with E-state index < -0.39 is 5.91 Å². The lowest BCUT2D eigenvalue weighted by Gasteiger charge is -1.94. The highest BCUT2D eigenvalue weighted by Gasteiger charge is 2.11. The first kappa shape index (κ1) is 10.9. The molecule has 0 aliphatic carbocycles. The highest BCUT2D eigenvalue weighted by Crippen LogP contribution is 2.21. The van der Waals surface area contributed by atoms with Crippen molar-refractivity contribution in [3.05, 3.63) is 42.4 Å². The van der Waals surface area contributed by atoms with Gasteiger partial charge in [-0.25, -0.2) is 0 Å². The standard InChI is InChI=1S/C11H10N4O2/c12-11(13)15-10(16)9-4-3-8(17-9)7-2-1-5-14-6-7/h1-6H,(H4,12,13,15,16). The minimum absolute atomic E-state index is 0.0808. The fourth-order valence-corrected chi connectivity index (χ4v) is 1.29. The van der Waals surface area contributed by atoms with Gasteiger partial charge in [0, 0.05) is 18.0 Å². The second kappa shape index (κ2) is 4.48. The predicted molar refractivity (Wildman–Crippen MR) is 62.1 cm³/mol. The zero-order chi connectivity index (χ0) is 12.3. The van der Waals surface area contributed by atoms with Crippen LogP contribution in [0.25, 0.3) is 11.3 Å².